The van der Waals surface area contributed by atoms with Crippen LogP contribution in [0.25, 0.3) is 0 Å². The molecule has 1 nitrogen and oxygen atoms in total. The van der Waals surface area contributed by atoms with Crippen molar-refractivity contribution in [3.05, 3.63) is 24.3 Å². The van der Waals surface area contributed by atoms with Crippen LogP contribution in [0.4, 0.5) is 0 Å². The summed E-state index contributed by atoms with van der Waals surface area (Å²) in [6.45, 7) is 13.9. The van der Waals surface area contributed by atoms with E-state index in [2.05, 4.69) is 26.5 Å². The third kappa shape index (κ3) is 4.49. The minimum Gasteiger partial charge on any atom is -0.295 e. The van der Waals surface area contributed by atoms with Gasteiger partial charge in [-0.3, -0.25) is 4.79 Å². The molecule has 0 aromatic carbocycles. The van der Waals surface area contributed by atoms with Gasteiger partial charge in [0.2, 0.25) is 0 Å². The molecule has 1 unspecified atom stereocenters. The predicted molar refractivity (Wildman–Crippen MR) is 78.1 cm³/mol. The second-order valence-corrected chi connectivity index (χ2v) is 4.66. The average molecular weight is 238 g/mol. The van der Waals surface area contributed by atoms with Crippen molar-refractivity contribution >= 4 is 5.78 Å². The molecular formula is C16H30O. The van der Waals surface area contributed by atoms with Crippen molar-refractivity contribution in [3.8, 4) is 0 Å². The Labute approximate surface area is 108 Å². The lowest BCUT2D eigenvalue weighted by atomic mass is 9.82. The molecule has 0 amide bonds. The fraction of sp³-hybridized carbons (Fsp3) is 0.688. The van der Waals surface area contributed by atoms with Crippen molar-refractivity contribution in [1.29, 1.82) is 0 Å². The normalized spacial score (nSPS) is 24.4. The predicted octanol–water partition coefficient (Wildman–Crippen LogP) is 5.03. The van der Waals surface area contributed by atoms with Crippen LogP contribution in [0.2, 0.25) is 0 Å². The smallest absolute Gasteiger partial charge is 0.155 e. The number of hydrogen-bond donors (Lipinski definition) is 0. The Kier molecular flexibility index (Phi) is 7.86. The zero-order valence-electron chi connectivity index (χ0n) is 12.1. The number of Topliss-reactive ketones (excluding diaryl/α,β-unsaturated/α-hetero) is 1. The van der Waals surface area contributed by atoms with Crippen molar-refractivity contribution in [2.45, 2.75) is 53.9 Å². The van der Waals surface area contributed by atoms with Crippen LogP contribution in [-0.2, 0) is 4.79 Å². The van der Waals surface area contributed by atoms with Gasteiger partial charge >= 0.3 is 0 Å². The van der Waals surface area contributed by atoms with Gasteiger partial charge in [0.15, 0.2) is 5.78 Å². The molecule has 0 radical (unpaired) electrons. The molecule has 0 saturated heterocycles. The monoisotopic (exact) mass is 238 g/mol. The molecule has 0 aliphatic heterocycles. The van der Waals surface area contributed by atoms with Crippen LogP contribution in [0.1, 0.15) is 55.3 Å². The quantitative estimate of drug-likeness (QED) is 0.614. The first-order valence-corrected chi connectivity index (χ1v) is 6.94. The number of ketones is 1. The van der Waals surface area contributed by atoms with Gasteiger partial charge in [0.1, 0.15) is 0 Å². The minimum absolute atomic E-state index is 0. The van der Waals surface area contributed by atoms with Crippen LogP contribution in [0.3, 0.4) is 0 Å². The highest BCUT2D eigenvalue weighted by atomic mass is 16.1. The van der Waals surface area contributed by atoms with Crippen molar-refractivity contribution < 1.29 is 6.22 Å². The van der Waals surface area contributed by atoms with E-state index in [4.69, 9.17) is 0 Å². The van der Waals surface area contributed by atoms with E-state index in [1.807, 2.05) is 19.9 Å². The third-order valence-corrected chi connectivity index (χ3v) is 3.54. The highest BCUT2D eigenvalue weighted by Gasteiger charge is 2.31. The lowest BCUT2D eigenvalue weighted by molar-refractivity contribution is -0.113. The van der Waals surface area contributed by atoms with Crippen molar-refractivity contribution in [2.75, 3.05) is 0 Å². The first-order chi connectivity index (χ1) is 8.10. The Bertz CT molecular complexity index is 281. The summed E-state index contributed by atoms with van der Waals surface area (Å²) >= 11 is 0. The van der Waals surface area contributed by atoms with Gasteiger partial charge in [0, 0.05) is 1.43 Å². The van der Waals surface area contributed by atoms with Crippen LogP contribution >= 0.6 is 0 Å². The second-order valence-electron chi connectivity index (χ2n) is 4.66. The summed E-state index contributed by atoms with van der Waals surface area (Å²) in [5.74, 6) is 1.94. The fourth-order valence-corrected chi connectivity index (χ4v) is 2.50. The first-order valence-electron chi connectivity index (χ1n) is 6.94. The topological polar surface area (TPSA) is 17.1 Å². The molecule has 1 aliphatic carbocycles. The molecule has 100 valence electrons. The first kappa shape index (κ1) is 16.1. The maximum absolute atomic E-state index is 11.4. The zero-order valence-corrected chi connectivity index (χ0v) is 12.1. The molecule has 0 aromatic heterocycles. The summed E-state index contributed by atoms with van der Waals surface area (Å²) in [6.07, 6.45) is 7.56. The number of hydrogen-bond acceptors (Lipinski definition) is 1. The Balaban J connectivity index is 0. The summed E-state index contributed by atoms with van der Waals surface area (Å²) in [5, 5.41) is 0. The van der Waals surface area contributed by atoms with E-state index in [1.165, 1.54) is 12.8 Å². The van der Waals surface area contributed by atoms with E-state index < -0.39 is 0 Å². The number of carbonyl (C=O) groups is 1. The van der Waals surface area contributed by atoms with Gasteiger partial charge in [0.25, 0.3) is 0 Å². The Hall–Kier alpha value is -0.850. The highest BCUT2D eigenvalue weighted by molar-refractivity contribution is 5.93. The van der Waals surface area contributed by atoms with E-state index in [9.17, 15) is 4.79 Å². The number of allylic oxidation sites excluding steroid dienone is 3. The van der Waals surface area contributed by atoms with Gasteiger partial charge in [-0.05, 0) is 43.1 Å². The van der Waals surface area contributed by atoms with Gasteiger partial charge in [-0.25, -0.2) is 0 Å². The third-order valence-electron chi connectivity index (χ3n) is 3.54. The largest absolute Gasteiger partial charge is 0.295 e. The Morgan fingerprint density at radius 2 is 2.24 bits per heavy atom. The van der Waals surface area contributed by atoms with Gasteiger partial charge in [0.05, 0.1) is 0 Å². The summed E-state index contributed by atoms with van der Waals surface area (Å²) in [5.41, 5.74) is 1.03. The van der Waals surface area contributed by atoms with Gasteiger partial charge in [-0.1, -0.05) is 46.3 Å². The minimum atomic E-state index is 0. The molecule has 0 saturated carbocycles. The highest BCUT2D eigenvalue weighted by Crippen LogP contribution is 2.39. The molecule has 0 spiro atoms. The fourth-order valence-electron chi connectivity index (χ4n) is 2.50. The maximum atomic E-state index is 11.4. The number of carbonyl (C=O) groups excluding carboxylic acids is 1. The molecule has 17 heavy (non-hydrogen) atoms. The molecular weight excluding hydrogens is 208 g/mol. The molecule has 1 rings (SSSR count). The molecule has 1 heteroatoms. The summed E-state index contributed by atoms with van der Waals surface area (Å²) in [6, 6.07) is 0. The average Bonchev–Trinajstić information content (AvgIpc) is 2.75. The van der Waals surface area contributed by atoms with Crippen molar-refractivity contribution in [2.24, 2.45) is 17.8 Å². The molecule has 1 aliphatic rings. The molecule has 0 fully saturated rings. The second kappa shape index (κ2) is 8.27. The molecule has 0 aromatic rings. The molecule has 0 N–H and O–H groups in total. The Morgan fingerprint density at radius 1 is 1.65 bits per heavy atom. The molecule has 0 heterocycles. The Morgan fingerprint density at radius 3 is 2.65 bits per heavy atom. The van der Waals surface area contributed by atoms with E-state index in [-0.39, 0.29) is 7.21 Å². The van der Waals surface area contributed by atoms with Gasteiger partial charge < -0.3 is 0 Å². The van der Waals surface area contributed by atoms with E-state index >= 15 is 0 Å². The van der Waals surface area contributed by atoms with Crippen molar-refractivity contribution in [1.82, 2.24) is 0 Å². The van der Waals surface area contributed by atoms with E-state index in [0.717, 1.165) is 12.0 Å². The molecule has 3 atom stereocenters. The standard InChI is InChI=1S/C14H22O.C2H6.H2/c1-5-7-12-8-13(11(4)15)9-14(12)10(3)6-2;1-2;/h6,8,10,12,14H,2,5,7,9H2,1,3-4H3;1-2H3;1H/t10?,12-,14-;;/m0../s1. The van der Waals surface area contributed by atoms with Gasteiger partial charge in [-0.2, -0.15) is 0 Å². The van der Waals surface area contributed by atoms with Crippen LogP contribution in [-0.4, -0.2) is 5.78 Å². The zero-order chi connectivity index (χ0) is 13.4. The van der Waals surface area contributed by atoms with Crippen LogP contribution < -0.4 is 0 Å². The van der Waals surface area contributed by atoms with Crippen LogP contribution in [0, 0.1) is 17.8 Å². The SMILES string of the molecule is C=CC(C)[C@@H]1CC(C(C)=O)=C[C@@H]1CCC.CC.[HH]. The summed E-state index contributed by atoms with van der Waals surface area (Å²) in [4.78, 5) is 11.4. The van der Waals surface area contributed by atoms with E-state index in [1.54, 1.807) is 6.92 Å². The van der Waals surface area contributed by atoms with Crippen molar-refractivity contribution in [3.63, 3.8) is 0 Å². The lowest BCUT2D eigenvalue weighted by Crippen LogP contribution is -2.15. The van der Waals surface area contributed by atoms with E-state index in [0.29, 0.717) is 17.8 Å². The summed E-state index contributed by atoms with van der Waals surface area (Å²) < 4.78 is 0. The lowest BCUT2D eigenvalue weighted by Gasteiger charge is -2.23. The van der Waals surface area contributed by atoms with Crippen LogP contribution in [0.15, 0.2) is 24.3 Å². The number of rotatable bonds is 5. The van der Waals surface area contributed by atoms with Crippen LogP contribution in [0.5, 0.6) is 0 Å². The summed E-state index contributed by atoms with van der Waals surface area (Å²) in [7, 11) is 0. The maximum Gasteiger partial charge on any atom is 0.155 e. The van der Waals surface area contributed by atoms with Gasteiger partial charge in [-0.15, -0.1) is 6.58 Å². The molecule has 0 bridgehead atoms.